The fourth-order valence-corrected chi connectivity index (χ4v) is 11.9. The zero-order valence-corrected chi connectivity index (χ0v) is 44.3. The zero-order valence-electron chi connectivity index (χ0n) is 44.3. The van der Waals surface area contributed by atoms with Crippen molar-refractivity contribution in [3.8, 4) is 22.3 Å². The predicted molar refractivity (Wildman–Crippen MR) is 291 cm³/mol. The molecule has 12 rings (SSSR count). The van der Waals surface area contributed by atoms with E-state index >= 15 is 8.78 Å². The minimum atomic E-state index is -1.09. The third-order valence-corrected chi connectivity index (χ3v) is 15.7. The first kappa shape index (κ1) is 51.0. The second-order valence-electron chi connectivity index (χ2n) is 21.7. The molecule has 0 aliphatic carbocycles. The number of hydrogen-bond donors (Lipinski definition) is 2. The Kier molecular flexibility index (Phi) is 13.5. The van der Waals surface area contributed by atoms with Crippen molar-refractivity contribution in [2.24, 2.45) is 11.8 Å². The van der Waals surface area contributed by atoms with Crippen LogP contribution in [0.4, 0.5) is 8.78 Å². The smallest absolute Gasteiger partial charge is 0.155 e. The highest BCUT2D eigenvalue weighted by Gasteiger charge is 2.35. The summed E-state index contributed by atoms with van der Waals surface area (Å²) < 4.78 is 59.3. The molecule has 0 spiro atoms. The third kappa shape index (κ3) is 9.18. The van der Waals surface area contributed by atoms with Crippen LogP contribution in [0.15, 0.2) is 119 Å². The van der Waals surface area contributed by atoms with Gasteiger partial charge >= 0.3 is 0 Å². The summed E-state index contributed by atoms with van der Waals surface area (Å²) in [4.78, 5) is 9.57. The van der Waals surface area contributed by atoms with Crippen LogP contribution < -0.4 is 0 Å². The molecule has 6 aromatic heterocycles. The number of aryl methyl sites for hydroxylation is 4. The van der Waals surface area contributed by atoms with Crippen molar-refractivity contribution in [1.29, 1.82) is 0 Å². The van der Waals surface area contributed by atoms with Crippen molar-refractivity contribution in [1.82, 2.24) is 29.4 Å². The van der Waals surface area contributed by atoms with Gasteiger partial charge in [0.25, 0.3) is 0 Å². The van der Waals surface area contributed by atoms with Crippen LogP contribution in [0.2, 0.25) is 0 Å². The number of fused-ring (bicyclic) bond motifs is 6. The number of hydrogen-bond acceptors (Lipinski definition) is 10. The van der Waals surface area contributed by atoms with Crippen LogP contribution in [0, 0.1) is 51.2 Å². The van der Waals surface area contributed by atoms with Crippen molar-refractivity contribution in [3.63, 3.8) is 0 Å². The van der Waals surface area contributed by atoms with Crippen molar-refractivity contribution < 1.29 is 37.5 Å². The Morgan fingerprint density at radius 1 is 0.553 bits per heavy atom. The molecule has 2 aliphatic heterocycles. The van der Waals surface area contributed by atoms with Crippen molar-refractivity contribution in [3.05, 3.63) is 166 Å². The van der Waals surface area contributed by atoms with Gasteiger partial charge in [0, 0.05) is 71.8 Å². The van der Waals surface area contributed by atoms with E-state index in [2.05, 4.69) is 55.8 Å². The summed E-state index contributed by atoms with van der Waals surface area (Å²) in [6, 6.07) is 31.8. The van der Waals surface area contributed by atoms with E-state index in [1.165, 1.54) is 5.56 Å². The average molecular weight is 1030 g/mol. The van der Waals surface area contributed by atoms with Crippen LogP contribution in [0.1, 0.15) is 111 Å². The molecule has 392 valence electrons. The quantitative estimate of drug-likeness (QED) is 0.136. The molecule has 8 heterocycles. The lowest BCUT2D eigenvalue weighted by Gasteiger charge is -2.33. The first-order valence-electron chi connectivity index (χ1n) is 26.3. The summed E-state index contributed by atoms with van der Waals surface area (Å²) in [6.07, 6.45) is 6.94. The van der Waals surface area contributed by atoms with E-state index in [1.54, 1.807) is 66.1 Å². The molecule has 4 aromatic carbocycles. The Hall–Kier alpha value is -7.10. The van der Waals surface area contributed by atoms with Crippen LogP contribution in [0.5, 0.6) is 0 Å². The third-order valence-electron chi connectivity index (χ3n) is 15.7. The molecule has 12 nitrogen and oxygen atoms in total. The Morgan fingerprint density at radius 2 is 1.01 bits per heavy atom. The van der Waals surface area contributed by atoms with Crippen LogP contribution >= 0.6 is 0 Å². The minimum absolute atomic E-state index is 0.0260. The summed E-state index contributed by atoms with van der Waals surface area (Å²) in [6.45, 7) is 17.0. The molecule has 0 bridgehead atoms. The van der Waals surface area contributed by atoms with E-state index in [0.717, 1.165) is 58.6 Å². The molecule has 2 atom stereocenters. The van der Waals surface area contributed by atoms with Gasteiger partial charge in [-0.15, -0.1) is 0 Å². The Labute approximate surface area is 440 Å². The lowest BCUT2D eigenvalue weighted by atomic mass is 9.86. The number of pyridine rings is 2. The molecule has 2 aliphatic rings. The lowest BCUT2D eigenvalue weighted by molar-refractivity contribution is 0.0551. The summed E-state index contributed by atoms with van der Waals surface area (Å²) in [5.74, 6) is 1.03. The Bertz CT molecular complexity index is 3650. The fourth-order valence-electron chi connectivity index (χ4n) is 11.9. The number of aromatic nitrogens is 6. The maximum absolute atomic E-state index is 16.9. The van der Waals surface area contributed by atoms with E-state index in [0.29, 0.717) is 105 Å². The molecule has 2 N–H and O–H groups in total. The second kappa shape index (κ2) is 20.1. The highest BCUT2D eigenvalue weighted by molar-refractivity contribution is 6.09. The first-order chi connectivity index (χ1) is 36.5. The normalized spacial score (nSPS) is 15.9. The van der Waals surface area contributed by atoms with E-state index in [9.17, 15) is 10.2 Å². The average Bonchev–Trinajstić information content (AvgIpc) is 4.23. The van der Waals surface area contributed by atoms with E-state index < -0.39 is 11.2 Å². The second-order valence-corrected chi connectivity index (χ2v) is 21.7. The monoisotopic (exact) mass is 1030 g/mol. The highest BCUT2D eigenvalue weighted by Crippen LogP contribution is 2.46. The fraction of sp³-hybridized carbons (Fsp3) is 0.355. The molecule has 0 amide bonds. The van der Waals surface area contributed by atoms with Gasteiger partial charge in [-0.2, -0.15) is 0 Å². The number of ether oxygens (including phenoxy) is 2. The summed E-state index contributed by atoms with van der Waals surface area (Å²) >= 11 is 0. The molecule has 0 unspecified atom stereocenters. The number of halogens is 2. The molecule has 0 saturated carbocycles. The Morgan fingerprint density at radius 3 is 1.49 bits per heavy atom. The molecular formula is C62H64F2N6O6. The molecular weight excluding hydrogens is 963 g/mol. The molecule has 10 aromatic rings. The van der Waals surface area contributed by atoms with Crippen LogP contribution in [0.25, 0.3) is 66.1 Å². The molecule has 0 radical (unpaired) electrons. The SMILES string of the molecule is Cc1noc(C)c1-c1cc2c(cc1F)c1ncc(C(C)(C)O)cc1n2[C@H](c1ccccc1)C1CCOCC1.Cc1noc(C)c1-c1ccc2c3ncc(C(C)(C)O)cc3n([C@H](c3ccccc3)C3CCOCC3)c2c1F. The largest absolute Gasteiger partial charge is 0.386 e. The summed E-state index contributed by atoms with van der Waals surface area (Å²) in [5.41, 5.74) is 9.55. The van der Waals surface area contributed by atoms with Gasteiger partial charge < -0.3 is 37.9 Å². The number of nitrogens with zero attached hydrogens (tertiary/aromatic N) is 6. The van der Waals surface area contributed by atoms with Gasteiger partial charge in [-0.3, -0.25) is 9.97 Å². The maximum Gasteiger partial charge on any atom is 0.155 e. The maximum atomic E-state index is 16.9. The predicted octanol–water partition coefficient (Wildman–Crippen LogP) is 13.7. The van der Waals surface area contributed by atoms with Crippen LogP contribution in [0.3, 0.4) is 0 Å². The molecule has 14 heteroatoms. The van der Waals surface area contributed by atoms with Crippen molar-refractivity contribution in [2.75, 3.05) is 26.4 Å². The van der Waals surface area contributed by atoms with Gasteiger partial charge in [0.15, 0.2) is 5.82 Å². The van der Waals surface area contributed by atoms with Gasteiger partial charge in [0.1, 0.15) is 17.3 Å². The highest BCUT2D eigenvalue weighted by atomic mass is 19.1. The standard InChI is InChI=1S/2C31H32FN3O3/c1-18-28(19(2)38-34-18)23-16-26-24(15-25(23)32)29-27(14-22(17-33-29)31(3,4)36)35(26)30(20-8-6-5-7-9-20)21-10-12-37-13-11-21;1-18-26(19(2)38-34-18)23-10-11-24-28-25(16-22(17-33-28)31(3,4)36)35(30(24)27(23)32)29(20-8-6-5-7-9-20)21-12-14-37-15-13-21/h5-9,14-17,21,30,36H,10-13H2,1-4H3;5-11,16-17,21,29,36H,12-15H2,1-4H3/t30-;29-/m11/s1. The topological polar surface area (TPSA) is 147 Å². The molecule has 2 fully saturated rings. The van der Waals surface area contributed by atoms with Gasteiger partial charge in [-0.1, -0.05) is 77.0 Å². The molecule has 76 heavy (non-hydrogen) atoms. The van der Waals surface area contributed by atoms with Gasteiger partial charge in [0.05, 0.1) is 78.9 Å². The van der Waals surface area contributed by atoms with Gasteiger partial charge in [-0.25, -0.2) is 8.78 Å². The van der Waals surface area contributed by atoms with Crippen LogP contribution in [-0.2, 0) is 20.7 Å². The van der Waals surface area contributed by atoms with Crippen molar-refractivity contribution in [2.45, 2.75) is 104 Å². The Balaban J connectivity index is 0.000000162. The first-order valence-corrected chi connectivity index (χ1v) is 26.3. The van der Waals surface area contributed by atoms with Gasteiger partial charge in [0.2, 0.25) is 0 Å². The molecule has 2 saturated heterocycles. The summed E-state index contributed by atoms with van der Waals surface area (Å²) in [5, 5.41) is 31.3. The minimum Gasteiger partial charge on any atom is -0.386 e. The van der Waals surface area contributed by atoms with Gasteiger partial charge in [-0.05, 0) is 134 Å². The summed E-state index contributed by atoms with van der Waals surface area (Å²) in [7, 11) is 0. The zero-order chi connectivity index (χ0) is 53.2. The number of aliphatic hydroxyl groups is 2. The van der Waals surface area contributed by atoms with E-state index in [4.69, 9.17) is 28.5 Å². The lowest BCUT2D eigenvalue weighted by Crippen LogP contribution is -2.27. The number of benzene rings is 4. The van der Waals surface area contributed by atoms with Crippen LogP contribution in [-0.4, -0.2) is 66.1 Å². The number of rotatable bonds is 10. The van der Waals surface area contributed by atoms with E-state index in [-0.39, 0.29) is 29.6 Å². The van der Waals surface area contributed by atoms with E-state index in [1.807, 2.05) is 62.4 Å². The van der Waals surface area contributed by atoms with Crippen molar-refractivity contribution >= 4 is 43.9 Å².